The van der Waals surface area contributed by atoms with E-state index in [-0.39, 0.29) is 5.92 Å². The van der Waals surface area contributed by atoms with Gasteiger partial charge in [0.25, 0.3) is 0 Å². The fraction of sp³-hybridized carbons (Fsp3) is 0.167. The van der Waals surface area contributed by atoms with E-state index in [0.29, 0.717) is 5.58 Å². The number of nitrogens with zero attached hydrogens (tertiary/aromatic N) is 2. The maximum Gasteiger partial charge on any atom is 0.196 e. The molecule has 0 aliphatic heterocycles. The van der Waals surface area contributed by atoms with Crippen molar-refractivity contribution in [3.05, 3.63) is 90.6 Å². The number of hydrogen-bond donors (Lipinski definition) is 1. The van der Waals surface area contributed by atoms with Gasteiger partial charge in [0.15, 0.2) is 11.4 Å². The number of hydrogen-bond acceptors (Lipinski definition) is 5. The first-order valence-corrected chi connectivity index (χ1v) is 9.82. The van der Waals surface area contributed by atoms with Crippen molar-refractivity contribution in [3.63, 3.8) is 0 Å². The third-order valence-electron chi connectivity index (χ3n) is 5.21. The van der Waals surface area contributed by atoms with Crippen LogP contribution in [0, 0.1) is 0 Å². The van der Waals surface area contributed by atoms with Crippen molar-refractivity contribution in [3.8, 4) is 0 Å². The molecule has 2 aromatic carbocycles. The Kier molecular flexibility index (Phi) is 4.70. The van der Waals surface area contributed by atoms with Gasteiger partial charge in [-0.2, -0.15) is 0 Å². The van der Waals surface area contributed by atoms with Gasteiger partial charge in [0.05, 0.1) is 6.26 Å². The van der Waals surface area contributed by atoms with Crippen molar-refractivity contribution in [2.45, 2.75) is 18.8 Å². The SMILES string of the molecule is c1ccc(C[C@@H](CCNc2ncnc3c2oc2ccccc23)c2ccco2)cc1. The fourth-order valence-electron chi connectivity index (χ4n) is 3.78. The number of benzene rings is 2. The van der Waals surface area contributed by atoms with Crippen LogP contribution in [0.25, 0.3) is 22.1 Å². The molecule has 5 aromatic rings. The molecule has 0 spiro atoms. The number of fused-ring (bicyclic) bond motifs is 3. The second-order valence-corrected chi connectivity index (χ2v) is 7.12. The highest BCUT2D eigenvalue weighted by atomic mass is 16.3. The molecule has 0 amide bonds. The number of rotatable bonds is 7. The van der Waals surface area contributed by atoms with Crippen LogP contribution in [-0.4, -0.2) is 16.5 Å². The maximum absolute atomic E-state index is 6.00. The molecule has 5 rings (SSSR count). The lowest BCUT2D eigenvalue weighted by atomic mass is 9.94. The van der Waals surface area contributed by atoms with E-state index in [1.165, 1.54) is 5.56 Å². The van der Waals surface area contributed by atoms with Crippen molar-refractivity contribution in [1.29, 1.82) is 0 Å². The van der Waals surface area contributed by atoms with E-state index < -0.39 is 0 Å². The van der Waals surface area contributed by atoms with Gasteiger partial charge in [0.1, 0.15) is 23.2 Å². The lowest BCUT2D eigenvalue weighted by Gasteiger charge is -2.15. The molecular weight excluding hydrogens is 362 g/mol. The van der Waals surface area contributed by atoms with Gasteiger partial charge in [-0.05, 0) is 42.7 Å². The van der Waals surface area contributed by atoms with Crippen molar-refractivity contribution in [1.82, 2.24) is 9.97 Å². The van der Waals surface area contributed by atoms with Gasteiger partial charge in [0.2, 0.25) is 0 Å². The Morgan fingerprint density at radius 1 is 0.897 bits per heavy atom. The predicted molar refractivity (Wildman–Crippen MR) is 114 cm³/mol. The summed E-state index contributed by atoms with van der Waals surface area (Å²) in [5, 5.41) is 4.45. The Morgan fingerprint density at radius 2 is 1.76 bits per heavy atom. The lowest BCUT2D eigenvalue weighted by Crippen LogP contribution is -2.11. The van der Waals surface area contributed by atoms with Crippen LogP contribution in [0.3, 0.4) is 0 Å². The highest BCUT2D eigenvalue weighted by molar-refractivity contribution is 6.05. The van der Waals surface area contributed by atoms with Crippen LogP contribution in [-0.2, 0) is 6.42 Å². The Labute approximate surface area is 168 Å². The van der Waals surface area contributed by atoms with E-state index in [9.17, 15) is 0 Å². The van der Waals surface area contributed by atoms with Gasteiger partial charge in [-0.25, -0.2) is 9.97 Å². The summed E-state index contributed by atoms with van der Waals surface area (Å²) in [6.07, 6.45) is 5.16. The van der Waals surface area contributed by atoms with Crippen LogP contribution in [0.15, 0.2) is 88.2 Å². The number of anilines is 1. The van der Waals surface area contributed by atoms with Crippen LogP contribution < -0.4 is 5.32 Å². The van der Waals surface area contributed by atoms with Crippen LogP contribution in [0.1, 0.15) is 23.7 Å². The monoisotopic (exact) mass is 383 g/mol. The highest BCUT2D eigenvalue weighted by Crippen LogP contribution is 2.31. The average Bonchev–Trinajstić information content (AvgIpc) is 3.42. The smallest absolute Gasteiger partial charge is 0.196 e. The summed E-state index contributed by atoms with van der Waals surface area (Å²) in [6.45, 7) is 0.751. The summed E-state index contributed by atoms with van der Waals surface area (Å²) in [4.78, 5) is 8.82. The zero-order valence-corrected chi connectivity index (χ0v) is 15.9. The zero-order valence-electron chi connectivity index (χ0n) is 15.9. The number of aromatic nitrogens is 2. The molecule has 0 aliphatic carbocycles. The summed E-state index contributed by atoms with van der Waals surface area (Å²) in [5.41, 5.74) is 3.66. The topological polar surface area (TPSA) is 64.1 Å². The van der Waals surface area contributed by atoms with Gasteiger partial charge in [-0.15, -0.1) is 0 Å². The van der Waals surface area contributed by atoms with E-state index >= 15 is 0 Å². The Balaban J connectivity index is 1.35. The van der Waals surface area contributed by atoms with Gasteiger partial charge in [-0.1, -0.05) is 42.5 Å². The average molecular weight is 383 g/mol. The van der Waals surface area contributed by atoms with Gasteiger partial charge in [-0.3, -0.25) is 0 Å². The first-order valence-electron chi connectivity index (χ1n) is 9.82. The molecule has 0 radical (unpaired) electrons. The lowest BCUT2D eigenvalue weighted by molar-refractivity contribution is 0.448. The van der Waals surface area contributed by atoms with Gasteiger partial charge >= 0.3 is 0 Å². The molecule has 5 heteroatoms. The predicted octanol–water partition coefficient (Wildman–Crippen LogP) is 5.80. The Morgan fingerprint density at radius 3 is 2.62 bits per heavy atom. The minimum Gasteiger partial charge on any atom is -0.469 e. The maximum atomic E-state index is 6.00. The molecule has 144 valence electrons. The number of nitrogens with one attached hydrogen (secondary N) is 1. The van der Waals surface area contributed by atoms with Crippen molar-refractivity contribution < 1.29 is 8.83 Å². The molecule has 0 saturated carbocycles. The van der Waals surface area contributed by atoms with Gasteiger partial charge < -0.3 is 14.2 Å². The molecular formula is C24H21N3O2. The first kappa shape index (κ1) is 17.5. The third kappa shape index (κ3) is 3.59. The van der Waals surface area contributed by atoms with Crippen LogP contribution in [0.4, 0.5) is 5.82 Å². The molecule has 3 aromatic heterocycles. The number of furan rings is 2. The van der Waals surface area contributed by atoms with E-state index in [4.69, 9.17) is 8.83 Å². The van der Waals surface area contributed by atoms with E-state index in [0.717, 1.165) is 47.5 Å². The second-order valence-electron chi connectivity index (χ2n) is 7.12. The molecule has 0 aliphatic rings. The minimum absolute atomic E-state index is 0.285. The normalized spacial score (nSPS) is 12.4. The molecule has 0 fully saturated rings. The minimum atomic E-state index is 0.285. The van der Waals surface area contributed by atoms with Crippen molar-refractivity contribution in [2.24, 2.45) is 0 Å². The molecule has 1 N–H and O–H groups in total. The van der Waals surface area contributed by atoms with E-state index in [1.54, 1.807) is 12.6 Å². The Hall–Kier alpha value is -3.60. The summed E-state index contributed by atoms with van der Waals surface area (Å²) < 4.78 is 11.7. The number of para-hydroxylation sites is 1. The molecule has 0 saturated heterocycles. The van der Waals surface area contributed by atoms with Crippen LogP contribution >= 0.6 is 0 Å². The van der Waals surface area contributed by atoms with E-state index in [2.05, 4.69) is 45.6 Å². The fourth-order valence-corrected chi connectivity index (χ4v) is 3.78. The van der Waals surface area contributed by atoms with E-state index in [1.807, 2.05) is 36.4 Å². The second kappa shape index (κ2) is 7.80. The molecule has 1 atom stereocenters. The van der Waals surface area contributed by atoms with Crippen LogP contribution in [0.2, 0.25) is 0 Å². The third-order valence-corrected chi connectivity index (χ3v) is 5.21. The molecule has 0 unspecified atom stereocenters. The summed E-state index contributed by atoms with van der Waals surface area (Å²) in [6, 6.07) is 22.4. The van der Waals surface area contributed by atoms with Crippen LogP contribution in [0.5, 0.6) is 0 Å². The zero-order chi connectivity index (χ0) is 19.5. The summed E-state index contributed by atoms with van der Waals surface area (Å²) in [7, 11) is 0. The summed E-state index contributed by atoms with van der Waals surface area (Å²) >= 11 is 0. The van der Waals surface area contributed by atoms with Crippen molar-refractivity contribution >= 4 is 27.9 Å². The summed E-state index contributed by atoms with van der Waals surface area (Å²) in [5.74, 6) is 2.02. The molecule has 3 heterocycles. The van der Waals surface area contributed by atoms with Crippen molar-refractivity contribution in [2.75, 3.05) is 11.9 Å². The molecule has 0 bridgehead atoms. The Bertz CT molecular complexity index is 1210. The molecule has 29 heavy (non-hydrogen) atoms. The first-order chi connectivity index (χ1) is 14.4. The largest absolute Gasteiger partial charge is 0.469 e. The highest BCUT2D eigenvalue weighted by Gasteiger charge is 2.17. The quantitative estimate of drug-likeness (QED) is 0.385. The van der Waals surface area contributed by atoms with Gasteiger partial charge in [0, 0.05) is 17.8 Å². The molecule has 5 nitrogen and oxygen atoms in total. The standard InChI is InChI=1S/C24H21N3O2/c1-2-7-17(8-3-1)15-18(20-11-6-14-28-20)12-13-25-24-23-22(26-16-27-24)19-9-4-5-10-21(19)29-23/h1-11,14,16,18H,12-13,15H2,(H,25,26,27)/t18-/m1/s1.